The summed E-state index contributed by atoms with van der Waals surface area (Å²) in [6.45, 7) is 3.31. The van der Waals surface area contributed by atoms with E-state index in [9.17, 15) is 20.3 Å². The monoisotopic (exact) mass is 241 g/mol. The lowest BCUT2D eigenvalue weighted by molar-refractivity contribution is -0.386. The molecule has 0 heterocycles. The van der Waals surface area contributed by atoms with Gasteiger partial charge in [-0.05, 0) is 11.6 Å². The van der Waals surface area contributed by atoms with Gasteiger partial charge in [-0.1, -0.05) is 13.8 Å². The highest BCUT2D eigenvalue weighted by Crippen LogP contribution is 2.40. The molecule has 0 saturated carbocycles. The van der Waals surface area contributed by atoms with Crippen LogP contribution in [0.1, 0.15) is 19.4 Å². The topological polar surface area (TPSA) is 92.8 Å². The van der Waals surface area contributed by atoms with Crippen molar-refractivity contribution >= 4 is 5.69 Å². The Kier molecular flexibility index (Phi) is 3.57. The number of benzene rings is 1. The number of ether oxygens (including phenoxy) is 1. The zero-order chi connectivity index (χ0) is 13.2. The Morgan fingerprint density at radius 1 is 1.47 bits per heavy atom. The summed E-state index contributed by atoms with van der Waals surface area (Å²) in [5.41, 5.74) is -0.548. The van der Waals surface area contributed by atoms with E-state index in [-0.39, 0.29) is 12.4 Å². The van der Waals surface area contributed by atoms with Crippen LogP contribution in [0.4, 0.5) is 5.69 Å². The Balaban J connectivity index is 3.45. The van der Waals surface area contributed by atoms with Gasteiger partial charge in [0.05, 0.1) is 18.6 Å². The third-order valence-electron chi connectivity index (χ3n) is 2.65. The summed E-state index contributed by atoms with van der Waals surface area (Å²) in [5, 5.41) is 29.6. The maximum absolute atomic E-state index is 10.8. The molecule has 0 spiro atoms. The average Bonchev–Trinajstić information content (AvgIpc) is 2.28. The molecule has 0 aliphatic carbocycles. The van der Waals surface area contributed by atoms with Crippen molar-refractivity contribution in [3.63, 3.8) is 0 Å². The SMILES string of the molecule is COc1cc(C(C)(C)CO)cc([N+](=O)[O-])c1O. The van der Waals surface area contributed by atoms with Crippen LogP contribution < -0.4 is 4.74 Å². The molecule has 0 fully saturated rings. The Morgan fingerprint density at radius 3 is 2.47 bits per heavy atom. The van der Waals surface area contributed by atoms with Gasteiger partial charge in [-0.25, -0.2) is 0 Å². The van der Waals surface area contributed by atoms with Gasteiger partial charge in [0.25, 0.3) is 0 Å². The van der Waals surface area contributed by atoms with E-state index < -0.39 is 21.8 Å². The van der Waals surface area contributed by atoms with Gasteiger partial charge in [-0.15, -0.1) is 0 Å². The predicted octanol–water partition coefficient (Wildman–Crippen LogP) is 1.58. The zero-order valence-corrected chi connectivity index (χ0v) is 9.93. The number of hydrogen-bond donors (Lipinski definition) is 2. The highest BCUT2D eigenvalue weighted by molar-refractivity contribution is 5.58. The maximum Gasteiger partial charge on any atom is 0.314 e. The van der Waals surface area contributed by atoms with Crippen molar-refractivity contribution < 1.29 is 19.9 Å². The third-order valence-corrected chi connectivity index (χ3v) is 2.65. The van der Waals surface area contributed by atoms with Gasteiger partial charge in [0.15, 0.2) is 5.75 Å². The summed E-state index contributed by atoms with van der Waals surface area (Å²) in [6, 6.07) is 2.73. The number of methoxy groups -OCH3 is 1. The number of rotatable bonds is 4. The van der Waals surface area contributed by atoms with Crippen LogP contribution in [-0.4, -0.2) is 28.9 Å². The lowest BCUT2D eigenvalue weighted by Gasteiger charge is -2.22. The summed E-state index contributed by atoms with van der Waals surface area (Å²) in [4.78, 5) is 10.1. The van der Waals surface area contributed by atoms with Crippen molar-refractivity contribution in [3.05, 3.63) is 27.8 Å². The molecule has 1 aromatic rings. The highest BCUT2D eigenvalue weighted by Gasteiger charge is 2.27. The quantitative estimate of drug-likeness (QED) is 0.616. The molecule has 94 valence electrons. The predicted molar refractivity (Wildman–Crippen MR) is 61.4 cm³/mol. The van der Waals surface area contributed by atoms with Gasteiger partial charge in [0, 0.05) is 11.5 Å². The lowest BCUT2D eigenvalue weighted by Crippen LogP contribution is -2.22. The number of aliphatic hydroxyl groups is 1. The van der Waals surface area contributed by atoms with Crippen LogP contribution in [0.3, 0.4) is 0 Å². The second kappa shape index (κ2) is 4.58. The van der Waals surface area contributed by atoms with Crippen LogP contribution in [0.5, 0.6) is 11.5 Å². The number of nitro benzene ring substituents is 1. The first-order valence-electron chi connectivity index (χ1n) is 5.00. The molecule has 6 nitrogen and oxygen atoms in total. The molecule has 0 saturated heterocycles. The summed E-state index contributed by atoms with van der Waals surface area (Å²) in [5.74, 6) is -0.481. The molecule has 0 amide bonds. The minimum atomic E-state index is -0.686. The number of hydrogen-bond acceptors (Lipinski definition) is 5. The Morgan fingerprint density at radius 2 is 2.06 bits per heavy atom. The van der Waals surface area contributed by atoms with E-state index in [4.69, 9.17) is 4.74 Å². The normalized spacial score (nSPS) is 11.3. The van der Waals surface area contributed by atoms with E-state index in [2.05, 4.69) is 0 Å². The van der Waals surface area contributed by atoms with Crippen LogP contribution in [0.15, 0.2) is 12.1 Å². The van der Waals surface area contributed by atoms with Crippen LogP contribution in [-0.2, 0) is 5.41 Å². The largest absolute Gasteiger partial charge is 0.500 e. The average molecular weight is 241 g/mol. The molecular weight excluding hydrogens is 226 g/mol. The number of aromatic hydroxyl groups is 1. The molecule has 0 unspecified atom stereocenters. The van der Waals surface area contributed by atoms with Crippen molar-refractivity contribution in [3.8, 4) is 11.5 Å². The number of nitro groups is 1. The smallest absolute Gasteiger partial charge is 0.314 e. The molecule has 1 aromatic carbocycles. The number of aliphatic hydroxyl groups excluding tert-OH is 1. The van der Waals surface area contributed by atoms with Gasteiger partial charge in [-0.2, -0.15) is 0 Å². The Hall–Kier alpha value is -1.82. The fourth-order valence-electron chi connectivity index (χ4n) is 1.37. The van der Waals surface area contributed by atoms with E-state index in [0.717, 1.165) is 0 Å². The molecule has 0 aliphatic heterocycles. The van der Waals surface area contributed by atoms with Crippen molar-refractivity contribution in [2.75, 3.05) is 13.7 Å². The van der Waals surface area contributed by atoms with Gasteiger partial charge >= 0.3 is 5.69 Å². The molecule has 6 heteroatoms. The van der Waals surface area contributed by atoms with Crippen LogP contribution in [0.2, 0.25) is 0 Å². The maximum atomic E-state index is 10.8. The molecule has 17 heavy (non-hydrogen) atoms. The minimum absolute atomic E-state index is 0.0238. The Bertz CT molecular complexity index is 442. The minimum Gasteiger partial charge on any atom is -0.500 e. The first-order chi connectivity index (χ1) is 7.83. The molecule has 0 atom stereocenters. The number of phenolic OH excluding ortho intramolecular Hbond substituents is 1. The second-order valence-corrected chi connectivity index (χ2v) is 4.35. The Labute approximate surface area is 98.6 Å². The third kappa shape index (κ3) is 2.47. The van der Waals surface area contributed by atoms with E-state index in [0.29, 0.717) is 5.56 Å². The summed E-state index contributed by atoms with van der Waals surface area (Å²) in [7, 11) is 1.31. The van der Waals surface area contributed by atoms with Gasteiger partial charge < -0.3 is 14.9 Å². The fourth-order valence-corrected chi connectivity index (χ4v) is 1.37. The van der Waals surface area contributed by atoms with Crippen molar-refractivity contribution in [2.45, 2.75) is 19.3 Å². The zero-order valence-electron chi connectivity index (χ0n) is 9.93. The fraction of sp³-hybridized carbons (Fsp3) is 0.455. The van der Waals surface area contributed by atoms with Gasteiger partial charge in [-0.3, -0.25) is 10.1 Å². The summed E-state index contributed by atoms with van der Waals surface area (Å²) >= 11 is 0. The van der Waals surface area contributed by atoms with E-state index in [1.807, 2.05) is 0 Å². The van der Waals surface area contributed by atoms with Gasteiger partial charge in [0.1, 0.15) is 0 Å². The van der Waals surface area contributed by atoms with Crippen molar-refractivity contribution in [1.29, 1.82) is 0 Å². The first-order valence-corrected chi connectivity index (χ1v) is 5.00. The highest BCUT2D eigenvalue weighted by atomic mass is 16.6. The van der Waals surface area contributed by atoms with Crippen LogP contribution in [0, 0.1) is 10.1 Å². The first kappa shape index (κ1) is 13.2. The number of nitrogens with zero attached hydrogens (tertiary/aromatic N) is 1. The molecule has 1 rings (SSSR count). The lowest BCUT2D eigenvalue weighted by atomic mass is 9.85. The molecular formula is C11H15NO5. The molecule has 0 radical (unpaired) electrons. The van der Waals surface area contributed by atoms with Gasteiger partial charge in [0.2, 0.25) is 5.75 Å². The van der Waals surface area contributed by atoms with Crippen molar-refractivity contribution in [1.82, 2.24) is 0 Å². The van der Waals surface area contributed by atoms with E-state index in [1.54, 1.807) is 13.8 Å². The van der Waals surface area contributed by atoms with Crippen LogP contribution >= 0.6 is 0 Å². The standard InChI is InChI=1S/C11H15NO5/c1-11(2,6-13)7-4-8(12(15)16)10(14)9(5-7)17-3/h4-5,13-14H,6H2,1-3H3. The van der Waals surface area contributed by atoms with E-state index in [1.165, 1.54) is 19.2 Å². The summed E-state index contributed by atoms with van der Waals surface area (Å²) in [6.07, 6.45) is 0. The molecule has 0 bridgehead atoms. The molecule has 2 N–H and O–H groups in total. The second-order valence-electron chi connectivity index (χ2n) is 4.35. The number of phenols is 1. The van der Waals surface area contributed by atoms with Crippen molar-refractivity contribution in [2.24, 2.45) is 0 Å². The molecule has 0 aliphatic rings. The molecule has 0 aromatic heterocycles. The van der Waals surface area contributed by atoms with E-state index >= 15 is 0 Å². The van der Waals surface area contributed by atoms with Crippen LogP contribution in [0.25, 0.3) is 0 Å². The summed E-state index contributed by atoms with van der Waals surface area (Å²) < 4.78 is 4.88.